The van der Waals surface area contributed by atoms with Crippen LogP contribution in [0.1, 0.15) is 51.4 Å². The second-order valence-corrected chi connectivity index (χ2v) is 9.14. The summed E-state index contributed by atoms with van der Waals surface area (Å²) in [6, 6.07) is 0. The second-order valence-electron chi connectivity index (χ2n) is 9.14. The van der Waals surface area contributed by atoms with E-state index >= 15 is 0 Å². The number of carbonyl (C=O) groups excluding carboxylic acids is 2. The molecule has 5 fully saturated rings. The number of carbonyl (C=O) groups is 2. The van der Waals surface area contributed by atoms with Gasteiger partial charge in [-0.15, -0.1) is 0 Å². The van der Waals surface area contributed by atoms with E-state index in [4.69, 9.17) is 0 Å². The van der Waals surface area contributed by atoms with Gasteiger partial charge in [0.15, 0.2) is 0 Å². The van der Waals surface area contributed by atoms with E-state index in [9.17, 15) is 22.8 Å². The van der Waals surface area contributed by atoms with Gasteiger partial charge in [-0.2, -0.15) is 13.2 Å². The molecule has 4 bridgehead atoms. The number of hydrogen-bond donors (Lipinski definition) is 1. The number of rotatable bonds is 3. The van der Waals surface area contributed by atoms with Crippen LogP contribution in [-0.2, 0) is 9.59 Å². The number of piperidine rings is 1. The Labute approximate surface area is 151 Å². The highest BCUT2D eigenvalue weighted by Gasteiger charge is 2.54. The molecule has 146 valence electrons. The topological polar surface area (TPSA) is 49.4 Å². The summed E-state index contributed by atoms with van der Waals surface area (Å²) in [6.45, 7) is 0.765. The molecule has 2 amide bonds. The fourth-order valence-electron chi connectivity index (χ4n) is 6.33. The molecule has 5 aliphatic rings. The second kappa shape index (κ2) is 6.41. The molecule has 0 aromatic heterocycles. The van der Waals surface area contributed by atoms with Crippen molar-refractivity contribution in [2.45, 2.75) is 57.5 Å². The molecule has 0 atom stereocenters. The summed E-state index contributed by atoms with van der Waals surface area (Å²) in [6.07, 6.45) is 3.16. The highest BCUT2D eigenvalue weighted by molar-refractivity contribution is 5.83. The van der Waals surface area contributed by atoms with E-state index in [0.29, 0.717) is 37.1 Å². The van der Waals surface area contributed by atoms with E-state index in [-0.39, 0.29) is 30.3 Å². The van der Waals surface area contributed by atoms with Crippen molar-refractivity contribution >= 4 is 11.8 Å². The summed E-state index contributed by atoms with van der Waals surface area (Å²) in [5, 5.41) is 3.12. The molecular formula is C19H27F3N2O2. The number of nitrogens with one attached hydrogen (secondary N) is 1. The standard InChI is InChI=1S/C19H27F3N2O2/c20-19(21,22)17(26)24-3-1-12(2-4-24)11-23-16(25)18-8-13-5-14(9-18)7-15(6-13)10-18/h12-15H,1-11H2,(H,23,25). The van der Waals surface area contributed by atoms with Gasteiger partial charge in [0.25, 0.3) is 0 Å². The van der Waals surface area contributed by atoms with E-state index in [1.807, 2.05) is 0 Å². The zero-order valence-electron chi connectivity index (χ0n) is 15.0. The number of halogens is 3. The average molecular weight is 372 g/mol. The SMILES string of the molecule is O=C(N1CCC(CNC(=O)C23CC4CC(CC(C4)C2)C3)CC1)C(F)(F)F. The maximum atomic E-state index is 12.9. The Balaban J connectivity index is 1.27. The number of likely N-dealkylation sites (tertiary alicyclic amines) is 1. The number of hydrogen-bond acceptors (Lipinski definition) is 2. The fourth-order valence-corrected chi connectivity index (χ4v) is 6.33. The van der Waals surface area contributed by atoms with Crippen molar-refractivity contribution in [1.82, 2.24) is 10.2 Å². The van der Waals surface area contributed by atoms with Gasteiger partial charge in [0, 0.05) is 25.0 Å². The van der Waals surface area contributed by atoms with E-state index < -0.39 is 12.1 Å². The Morgan fingerprint density at radius 1 is 0.962 bits per heavy atom. The first-order valence-electron chi connectivity index (χ1n) is 9.89. The Kier molecular flexibility index (Phi) is 4.47. The predicted molar refractivity (Wildman–Crippen MR) is 89.0 cm³/mol. The molecule has 0 radical (unpaired) electrons. The molecule has 0 aromatic rings. The smallest absolute Gasteiger partial charge is 0.355 e. The predicted octanol–water partition coefficient (Wildman–Crippen LogP) is 3.12. The number of alkyl halides is 3. The van der Waals surface area contributed by atoms with Crippen LogP contribution in [0.25, 0.3) is 0 Å². The monoisotopic (exact) mass is 372 g/mol. The number of amides is 2. The molecule has 5 rings (SSSR count). The molecule has 7 heteroatoms. The molecule has 1 heterocycles. The van der Waals surface area contributed by atoms with Crippen LogP contribution in [-0.4, -0.2) is 42.5 Å². The summed E-state index contributed by atoms with van der Waals surface area (Å²) >= 11 is 0. The van der Waals surface area contributed by atoms with Crippen LogP contribution in [0.4, 0.5) is 13.2 Å². The first kappa shape index (κ1) is 18.1. The summed E-state index contributed by atoms with van der Waals surface area (Å²) in [5.74, 6) is 0.722. The lowest BCUT2D eigenvalue weighted by molar-refractivity contribution is -0.186. The van der Waals surface area contributed by atoms with Crippen molar-refractivity contribution < 1.29 is 22.8 Å². The zero-order valence-corrected chi connectivity index (χ0v) is 15.0. The summed E-state index contributed by atoms with van der Waals surface area (Å²) < 4.78 is 37.5. The van der Waals surface area contributed by atoms with Crippen molar-refractivity contribution in [3.05, 3.63) is 0 Å². The van der Waals surface area contributed by atoms with Gasteiger partial charge >= 0.3 is 12.1 Å². The highest BCUT2D eigenvalue weighted by atomic mass is 19.4. The lowest BCUT2D eigenvalue weighted by Crippen LogP contribution is -2.54. The summed E-state index contributed by atoms with van der Waals surface area (Å²) in [4.78, 5) is 25.1. The Morgan fingerprint density at radius 2 is 1.46 bits per heavy atom. The van der Waals surface area contributed by atoms with Crippen LogP contribution < -0.4 is 5.32 Å². The normalized spacial score (nSPS) is 37.0. The Hall–Kier alpha value is -1.27. The highest BCUT2D eigenvalue weighted by Crippen LogP contribution is 2.60. The van der Waals surface area contributed by atoms with Crippen LogP contribution in [0.15, 0.2) is 0 Å². The van der Waals surface area contributed by atoms with Gasteiger partial charge in [0.05, 0.1) is 0 Å². The van der Waals surface area contributed by atoms with Gasteiger partial charge in [-0.3, -0.25) is 9.59 Å². The minimum absolute atomic E-state index is 0.121. The lowest BCUT2D eigenvalue weighted by Gasteiger charge is -2.55. The third-order valence-electron chi connectivity index (χ3n) is 7.22. The molecule has 0 aromatic carbocycles. The maximum absolute atomic E-state index is 12.9. The van der Waals surface area contributed by atoms with Gasteiger partial charge in [0.2, 0.25) is 5.91 Å². The van der Waals surface area contributed by atoms with Gasteiger partial charge in [0.1, 0.15) is 0 Å². The van der Waals surface area contributed by atoms with E-state index in [0.717, 1.165) is 24.2 Å². The van der Waals surface area contributed by atoms with Crippen molar-refractivity contribution in [2.75, 3.05) is 19.6 Å². The Morgan fingerprint density at radius 3 is 1.92 bits per heavy atom. The van der Waals surface area contributed by atoms with Crippen molar-refractivity contribution in [3.8, 4) is 0 Å². The zero-order chi connectivity index (χ0) is 18.5. The third kappa shape index (κ3) is 3.33. The van der Waals surface area contributed by atoms with Crippen LogP contribution >= 0.6 is 0 Å². The molecule has 4 saturated carbocycles. The molecule has 4 aliphatic carbocycles. The van der Waals surface area contributed by atoms with Crippen molar-refractivity contribution in [3.63, 3.8) is 0 Å². The Bertz CT molecular complexity index is 547. The van der Waals surface area contributed by atoms with E-state index in [2.05, 4.69) is 5.32 Å². The molecule has 26 heavy (non-hydrogen) atoms. The van der Waals surface area contributed by atoms with Crippen LogP contribution in [0.5, 0.6) is 0 Å². The van der Waals surface area contributed by atoms with Crippen LogP contribution in [0.3, 0.4) is 0 Å². The molecular weight excluding hydrogens is 345 g/mol. The maximum Gasteiger partial charge on any atom is 0.471 e. The van der Waals surface area contributed by atoms with Gasteiger partial charge in [-0.25, -0.2) is 0 Å². The average Bonchev–Trinajstić information content (AvgIpc) is 2.57. The van der Waals surface area contributed by atoms with Crippen molar-refractivity contribution in [1.29, 1.82) is 0 Å². The molecule has 0 spiro atoms. The first-order valence-corrected chi connectivity index (χ1v) is 9.89. The minimum Gasteiger partial charge on any atom is -0.355 e. The molecule has 1 N–H and O–H groups in total. The minimum atomic E-state index is -4.79. The summed E-state index contributed by atoms with van der Waals surface area (Å²) in [7, 11) is 0. The lowest BCUT2D eigenvalue weighted by atomic mass is 9.49. The third-order valence-corrected chi connectivity index (χ3v) is 7.22. The van der Waals surface area contributed by atoms with Gasteiger partial charge in [-0.1, -0.05) is 0 Å². The first-order chi connectivity index (χ1) is 12.2. The van der Waals surface area contributed by atoms with Gasteiger partial charge in [-0.05, 0) is 75.0 Å². The van der Waals surface area contributed by atoms with E-state index in [1.54, 1.807) is 0 Å². The largest absolute Gasteiger partial charge is 0.471 e. The van der Waals surface area contributed by atoms with E-state index in [1.165, 1.54) is 19.3 Å². The number of nitrogens with zero attached hydrogens (tertiary/aromatic N) is 1. The molecule has 1 saturated heterocycles. The summed E-state index contributed by atoms with van der Waals surface area (Å²) in [5.41, 5.74) is -0.179. The van der Waals surface area contributed by atoms with Crippen LogP contribution in [0.2, 0.25) is 0 Å². The molecule has 1 aliphatic heterocycles. The van der Waals surface area contributed by atoms with Crippen molar-refractivity contribution in [2.24, 2.45) is 29.1 Å². The van der Waals surface area contributed by atoms with Crippen LogP contribution in [0, 0.1) is 29.1 Å². The molecule has 4 nitrogen and oxygen atoms in total. The molecule has 0 unspecified atom stereocenters. The van der Waals surface area contributed by atoms with Gasteiger partial charge < -0.3 is 10.2 Å². The fraction of sp³-hybridized carbons (Fsp3) is 0.895. The quantitative estimate of drug-likeness (QED) is 0.828.